The number of aliphatic hydroxyl groups excluding tert-OH is 1. The van der Waals surface area contributed by atoms with E-state index in [0.717, 1.165) is 51.6 Å². The monoisotopic (exact) mass is 375 g/mol. The number of nitrogens with zero attached hydrogens (tertiary/aromatic N) is 2. The number of hydrogen-bond acceptors (Lipinski definition) is 5. The summed E-state index contributed by atoms with van der Waals surface area (Å²) < 4.78 is 5.37. The second-order valence-electron chi connectivity index (χ2n) is 8.06. The number of hydrogen-bond donors (Lipinski definition) is 2. The number of aliphatic hydroxyl groups is 1. The van der Waals surface area contributed by atoms with Gasteiger partial charge in [0.25, 0.3) is 5.91 Å². The average molecular weight is 375 g/mol. The van der Waals surface area contributed by atoms with Crippen molar-refractivity contribution in [3.63, 3.8) is 0 Å². The Morgan fingerprint density at radius 3 is 2.56 bits per heavy atom. The third-order valence-corrected chi connectivity index (χ3v) is 6.04. The van der Waals surface area contributed by atoms with E-state index in [1.165, 1.54) is 0 Å². The van der Waals surface area contributed by atoms with Gasteiger partial charge in [-0.05, 0) is 57.2 Å². The summed E-state index contributed by atoms with van der Waals surface area (Å²) in [7, 11) is 0. The second kappa shape index (κ2) is 8.02. The summed E-state index contributed by atoms with van der Waals surface area (Å²) in [4.78, 5) is 29.2. The van der Waals surface area contributed by atoms with E-state index in [2.05, 4.69) is 10.2 Å². The molecular weight excluding hydrogens is 346 g/mol. The Bertz CT molecular complexity index is 677. The van der Waals surface area contributed by atoms with Crippen LogP contribution in [0.1, 0.15) is 54.8 Å². The molecule has 0 aromatic carbocycles. The zero-order valence-electron chi connectivity index (χ0n) is 15.7. The van der Waals surface area contributed by atoms with E-state index in [1.54, 1.807) is 12.1 Å². The minimum absolute atomic E-state index is 0.103. The van der Waals surface area contributed by atoms with Crippen LogP contribution in [-0.4, -0.2) is 65.0 Å². The van der Waals surface area contributed by atoms with Crippen molar-refractivity contribution in [2.75, 3.05) is 26.2 Å². The first-order valence-corrected chi connectivity index (χ1v) is 10.2. The van der Waals surface area contributed by atoms with Gasteiger partial charge in [-0.1, -0.05) is 0 Å². The van der Waals surface area contributed by atoms with Crippen molar-refractivity contribution in [1.29, 1.82) is 0 Å². The highest BCUT2D eigenvalue weighted by Crippen LogP contribution is 2.26. The van der Waals surface area contributed by atoms with Crippen molar-refractivity contribution in [2.24, 2.45) is 5.92 Å². The highest BCUT2D eigenvalue weighted by Gasteiger charge is 2.34. The Hall–Kier alpha value is -1.86. The molecule has 1 atom stereocenters. The van der Waals surface area contributed by atoms with Crippen molar-refractivity contribution in [1.82, 2.24) is 15.1 Å². The topological polar surface area (TPSA) is 86.0 Å². The standard InChI is InChI=1S/C20H29N3O4/c24-13-17-5-6-18(27-17)20(26)22-10-7-16(8-11-22)23-9-1-2-14(12-23)19(25)21-15-3-4-15/h5-6,14-16,24H,1-4,7-13H2,(H,21,25)/t14-/m0/s1. The lowest BCUT2D eigenvalue weighted by Gasteiger charge is -2.41. The van der Waals surface area contributed by atoms with Crippen LogP contribution < -0.4 is 5.32 Å². The Morgan fingerprint density at radius 1 is 1.11 bits per heavy atom. The highest BCUT2D eigenvalue weighted by atomic mass is 16.4. The van der Waals surface area contributed by atoms with Crippen molar-refractivity contribution in [3.8, 4) is 0 Å². The van der Waals surface area contributed by atoms with Gasteiger partial charge in [-0.2, -0.15) is 0 Å². The van der Waals surface area contributed by atoms with Gasteiger partial charge >= 0.3 is 0 Å². The summed E-state index contributed by atoms with van der Waals surface area (Å²) in [5, 5.41) is 12.2. The molecule has 2 amide bonds. The van der Waals surface area contributed by atoms with E-state index in [4.69, 9.17) is 9.52 Å². The summed E-state index contributed by atoms with van der Waals surface area (Å²) in [5.41, 5.74) is 0. The predicted octanol–water partition coefficient (Wildman–Crippen LogP) is 1.37. The number of carbonyl (C=O) groups is 2. The second-order valence-corrected chi connectivity index (χ2v) is 8.06. The van der Waals surface area contributed by atoms with E-state index < -0.39 is 0 Å². The normalized spacial score (nSPS) is 24.8. The molecule has 1 saturated carbocycles. The summed E-state index contributed by atoms with van der Waals surface area (Å²) in [6.07, 6.45) is 6.16. The average Bonchev–Trinajstić information content (AvgIpc) is 3.40. The quantitative estimate of drug-likeness (QED) is 0.812. The van der Waals surface area contributed by atoms with Crippen LogP contribution in [0.3, 0.4) is 0 Å². The molecule has 4 rings (SSSR count). The third kappa shape index (κ3) is 4.35. The molecule has 0 radical (unpaired) electrons. The van der Waals surface area contributed by atoms with E-state index in [1.807, 2.05) is 4.90 Å². The van der Waals surface area contributed by atoms with Gasteiger partial charge in [0.05, 0.1) is 5.92 Å². The molecule has 3 heterocycles. The highest BCUT2D eigenvalue weighted by molar-refractivity contribution is 5.91. The molecule has 0 spiro atoms. The van der Waals surface area contributed by atoms with Gasteiger partial charge < -0.3 is 19.7 Å². The molecule has 2 saturated heterocycles. The van der Waals surface area contributed by atoms with E-state index in [-0.39, 0.29) is 24.3 Å². The Morgan fingerprint density at radius 2 is 1.89 bits per heavy atom. The molecule has 1 aliphatic carbocycles. The molecule has 0 unspecified atom stereocenters. The van der Waals surface area contributed by atoms with E-state index in [9.17, 15) is 9.59 Å². The minimum atomic E-state index is -0.195. The molecule has 2 aliphatic heterocycles. The largest absolute Gasteiger partial charge is 0.453 e. The first-order chi connectivity index (χ1) is 13.1. The first-order valence-electron chi connectivity index (χ1n) is 10.2. The lowest BCUT2D eigenvalue weighted by molar-refractivity contribution is -0.127. The summed E-state index contributed by atoms with van der Waals surface area (Å²) >= 11 is 0. The molecule has 1 aromatic heterocycles. The van der Waals surface area contributed by atoms with Gasteiger partial charge in [0, 0.05) is 31.7 Å². The van der Waals surface area contributed by atoms with Crippen LogP contribution in [-0.2, 0) is 11.4 Å². The summed E-state index contributed by atoms with van der Waals surface area (Å²) in [6, 6.07) is 4.14. The molecule has 148 valence electrons. The predicted molar refractivity (Wildman–Crippen MR) is 99.0 cm³/mol. The van der Waals surface area contributed by atoms with Crippen molar-refractivity contribution in [2.45, 2.75) is 57.2 Å². The number of amides is 2. The fourth-order valence-electron chi connectivity index (χ4n) is 4.27. The van der Waals surface area contributed by atoms with Crippen molar-refractivity contribution < 1.29 is 19.1 Å². The number of furan rings is 1. The maximum absolute atomic E-state index is 12.5. The smallest absolute Gasteiger partial charge is 0.289 e. The molecule has 3 aliphatic rings. The maximum atomic E-state index is 12.5. The minimum Gasteiger partial charge on any atom is -0.453 e. The third-order valence-electron chi connectivity index (χ3n) is 6.04. The number of piperidine rings is 2. The van der Waals surface area contributed by atoms with Crippen LogP contribution in [0.2, 0.25) is 0 Å². The zero-order chi connectivity index (χ0) is 18.8. The van der Waals surface area contributed by atoms with Gasteiger partial charge in [-0.15, -0.1) is 0 Å². The summed E-state index contributed by atoms with van der Waals surface area (Å²) in [5.74, 6) is 0.948. The lowest BCUT2D eigenvalue weighted by atomic mass is 9.93. The Labute approximate surface area is 159 Å². The SMILES string of the molecule is O=C(NC1CC1)[C@H]1CCCN(C2CCN(C(=O)c3ccc(CO)o3)CC2)C1. The molecule has 7 nitrogen and oxygen atoms in total. The van der Waals surface area contributed by atoms with Crippen LogP contribution in [0, 0.1) is 5.92 Å². The summed E-state index contributed by atoms with van der Waals surface area (Å²) in [6.45, 7) is 3.10. The van der Waals surface area contributed by atoms with Crippen LogP contribution in [0.5, 0.6) is 0 Å². The van der Waals surface area contributed by atoms with Crippen LogP contribution in [0.15, 0.2) is 16.5 Å². The van der Waals surface area contributed by atoms with E-state index >= 15 is 0 Å². The van der Waals surface area contributed by atoms with Crippen LogP contribution in [0.4, 0.5) is 0 Å². The lowest BCUT2D eigenvalue weighted by Crippen LogP contribution is -2.51. The number of carbonyl (C=O) groups excluding carboxylic acids is 2. The van der Waals surface area contributed by atoms with Gasteiger partial charge in [0.2, 0.25) is 5.91 Å². The molecule has 0 bridgehead atoms. The van der Waals surface area contributed by atoms with Crippen LogP contribution >= 0.6 is 0 Å². The maximum Gasteiger partial charge on any atom is 0.289 e. The number of rotatable bonds is 5. The molecule has 27 heavy (non-hydrogen) atoms. The molecule has 7 heteroatoms. The fraction of sp³-hybridized carbons (Fsp3) is 0.700. The van der Waals surface area contributed by atoms with E-state index in [0.29, 0.717) is 36.7 Å². The number of nitrogens with one attached hydrogen (secondary N) is 1. The molecular formula is C20H29N3O4. The van der Waals surface area contributed by atoms with Crippen molar-refractivity contribution >= 4 is 11.8 Å². The zero-order valence-corrected chi connectivity index (χ0v) is 15.7. The van der Waals surface area contributed by atoms with Crippen molar-refractivity contribution in [3.05, 3.63) is 23.7 Å². The molecule has 1 aromatic rings. The number of likely N-dealkylation sites (tertiary alicyclic amines) is 2. The molecule has 2 N–H and O–H groups in total. The van der Waals surface area contributed by atoms with Gasteiger partial charge in [0.1, 0.15) is 12.4 Å². The first kappa shape index (κ1) is 18.5. The Kier molecular flexibility index (Phi) is 5.50. The van der Waals surface area contributed by atoms with Gasteiger partial charge in [-0.25, -0.2) is 0 Å². The van der Waals surface area contributed by atoms with Gasteiger partial charge in [0.15, 0.2) is 5.76 Å². The molecule has 3 fully saturated rings. The fourth-order valence-corrected chi connectivity index (χ4v) is 4.27. The Balaban J connectivity index is 1.28. The van der Waals surface area contributed by atoms with Gasteiger partial charge in [-0.3, -0.25) is 14.5 Å². The van der Waals surface area contributed by atoms with Crippen LogP contribution in [0.25, 0.3) is 0 Å².